The summed E-state index contributed by atoms with van der Waals surface area (Å²) in [4.78, 5) is 27.9. The van der Waals surface area contributed by atoms with Crippen LogP contribution in [0.4, 0.5) is 10.5 Å². The predicted octanol–water partition coefficient (Wildman–Crippen LogP) is 6.80. The zero-order valence-electron chi connectivity index (χ0n) is 29.7. The van der Waals surface area contributed by atoms with Crippen molar-refractivity contribution >= 4 is 72.1 Å². The maximum Gasteiger partial charge on any atom is 0.411 e. The molecule has 4 N–H and O–H groups in total. The number of carbonyl (C=O) groups excluding carboxylic acids is 2. The van der Waals surface area contributed by atoms with Crippen LogP contribution in [0.5, 0.6) is 0 Å². The van der Waals surface area contributed by atoms with E-state index < -0.39 is 16.1 Å². The average Bonchev–Trinajstić information content (AvgIpc) is 3.07. The van der Waals surface area contributed by atoms with Crippen LogP contribution in [0.25, 0.3) is 10.8 Å². The minimum atomic E-state index is -3.83. The number of carbonyl (C=O) groups is 2. The van der Waals surface area contributed by atoms with Crippen LogP contribution in [-0.4, -0.2) is 83.5 Å². The molecule has 0 aromatic heterocycles. The van der Waals surface area contributed by atoms with Gasteiger partial charge in [0.1, 0.15) is 5.75 Å². The normalized spacial score (nSPS) is 12.8. The van der Waals surface area contributed by atoms with Crippen molar-refractivity contribution in [2.45, 2.75) is 87.9 Å². The molecule has 0 bridgehead atoms. The van der Waals surface area contributed by atoms with Crippen molar-refractivity contribution in [2.75, 3.05) is 57.2 Å². The first-order valence-corrected chi connectivity index (χ1v) is 21.8. The van der Waals surface area contributed by atoms with E-state index in [0.717, 1.165) is 36.1 Å². The molecule has 49 heavy (non-hydrogen) atoms. The van der Waals surface area contributed by atoms with Crippen molar-refractivity contribution in [1.29, 1.82) is 0 Å². The molecule has 278 valence electrons. The van der Waals surface area contributed by atoms with Crippen molar-refractivity contribution in [1.82, 2.24) is 14.9 Å². The molecular formula is C35H59ClN5O5S3+. The minimum absolute atomic E-state index is 0. The summed E-state index contributed by atoms with van der Waals surface area (Å²) in [5, 5.41) is 4.18. The summed E-state index contributed by atoms with van der Waals surface area (Å²) in [6.45, 7) is 3.07. The summed E-state index contributed by atoms with van der Waals surface area (Å²) in [5.74, 6) is 0.935. The monoisotopic (exact) mass is 760 g/mol. The fourth-order valence-electron chi connectivity index (χ4n) is 5.36. The lowest BCUT2D eigenvalue weighted by Crippen LogP contribution is -2.38. The molecule has 2 amide bonds. The van der Waals surface area contributed by atoms with Crippen molar-refractivity contribution < 1.29 is 22.7 Å². The number of amides is 2. The summed E-state index contributed by atoms with van der Waals surface area (Å²) in [7, 11) is 1.45. The molecule has 0 aliphatic heterocycles. The highest BCUT2D eigenvalue weighted by Gasteiger charge is 2.33. The van der Waals surface area contributed by atoms with E-state index in [0.29, 0.717) is 24.9 Å². The van der Waals surface area contributed by atoms with E-state index in [-0.39, 0.29) is 45.8 Å². The van der Waals surface area contributed by atoms with Gasteiger partial charge in [-0.2, -0.15) is 0 Å². The number of hydrogen-bond donors (Lipinski definition) is 3. The van der Waals surface area contributed by atoms with Crippen LogP contribution in [0.15, 0.2) is 53.6 Å². The molecule has 2 aromatic carbocycles. The standard InChI is InChI=1S/C35H57N5O5S3.ClH/c1-5-6-7-8-9-10-11-12-13-14-28-47(46-4)34(22-17-26-40(29-41)27-23-36)45-35(42)37-24-25-38-48(43,44)33-21-16-18-30-31(33)19-15-20-32(30)39(2)3;/h15-21,26,29,34,38H,5-14,22-25,27-28,36H2,1-4H3;1H/p+1. The number of ether oxygens (including phenoxy) is 1. The van der Waals surface area contributed by atoms with Crippen molar-refractivity contribution in [3.05, 3.63) is 48.7 Å². The quantitative estimate of drug-likeness (QED) is 0.0413. The molecule has 2 atom stereocenters. The van der Waals surface area contributed by atoms with Gasteiger partial charge in [-0.3, -0.25) is 4.79 Å². The molecule has 0 fully saturated rings. The fraction of sp³-hybridized carbons (Fsp3) is 0.600. The van der Waals surface area contributed by atoms with E-state index in [2.05, 4.69) is 17.0 Å². The molecule has 10 nitrogen and oxygen atoms in total. The van der Waals surface area contributed by atoms with Gasteiger partial charge < -0.3 is 25.6 Å². The zero-order valence-corrected chi connectivity index (χ0v) is 33.0. The molecule has 0 heterocycles. The summed E-state index contributed by atoms with van der Waals surface area (Å²) >= 11 is 0. The number of nitrogens with one attached hydrogen (secondary N) is 2. The number of sulfonamides is 1. The van der Waals surface area contributed by atoms with E-state index in [1.54, 1.807) is 35.2 Å². The predicted molar refractivity (Wildman–Crippen MR) is 212 cm³/mol. The van der Waals surface area contributed by atoms with Gasteiger partial charge in [-0.05, 0) is 25.0 Å². The molecule has 0 radical (unpaired) electrons. The molecule has 0 spiro atoms. The second-order valence-electron chi connectivity index (χ2n) is 11.9. The Kier molecular flexibility index (Phi) is 23.6. The first kappa shape index (κ1) is 44.9. The van der Waals surface area contributed by atoms with E-state index in [1.807, 2.05) is 49.5 Å². The molecule has 0 aliphatic rings. The number of alkyl carbamates (subject to hydrolysis) is 1. The Morgan fingerprint density at radius 2 is 1.61 bits per heavy atom. The van der Waals surface area contributed by atoms with Gasteiger partial charge in [0, 0.05) is 69.2 Å². The topological polar surface area (TPSA) is 134 Å². The summed E-state index contributed by atoms with van der Waals surface area (Å²) in [6, 6.07) is 10.8. The number of nitrogens with two attached hydrogens (primary N) is 1. The van der Waals surface area contributed by atoms with Gasteiger partial charge in [0.05, 0.1) is 32.0 Å². The third kappa shape index (κ3) is 16.6. The highest BCUT2D eigenvalue weighted by molar-refractivity contribution is 8.74. The SMILES string of the molecule is CCCCCCCCCCCC[S+](SC)C(CC=CN(C=O)CCN)OC(=O)NCCNS(=O)(=O)c1cccc2c(N(C)C)cccc12.Cl. The molecule has 2 aromatic rings. The summed E-state index contributed by atoms with van der Waals surface area (Å²) in [6.07, 6.45) is 18.7. The number of benzene rings is 2. The molecular weight excluding hydrogens is 702 g/mol. The number of fused-ring (bicyclic) bond motifs is 1. The van der Waals surface area contributed by atoms with Gasteiger partial charge in [-0.25, -0.2) is 17.9 Å². The lowest BCUT2D eigenvalue weighted by molar-refractivity contribution is -0.115. The van der Waals surface area contributed by atoms with Crippen LogP contribution >= 0.6 is 23.2 Å². The smallest absolute Gasteiger partial charge is 0.398 e. The Morgan fingerprint density at radius 1 is 0.980 bits per heavy atom. The number of anilines is 1. The lowest BCUT2D eigenvalue weighted by Gasteiger charge is -2.18. The van der Waals surface area contributed by atoms with Crippen LogP contribution in [0.2, 0.25) is 0 Å². The van der Waals surface area contributed by atoms with Crippen molar-refractivity contribution in [3.63, 3.8) is 0 Å². The van der Waals surface area contributed by atoms with Gasteiger partial charge in [-0.1, -0.05) is 88.6 Å². The number of nitrogens with zero attached hydrogens (tertiary/aromatic N) is 2. The maximum atomic E-state index is 13.2. The first-order chi connectivity index (χ1) is 23.2. The van der Waals surface area contributed by atoms with E-state index in [9.17, 15) is 18.0 Å². The maximum absolute atomic E-state index is 13.2. The van der Waals surface area contributed by atoms with E-state index in [1.165, 1.54) is 56.3 Å². The molecule has 14 heteroatoms. The van der Waals surface area contributed by atoms with Crippen molar-refractivity contribution in [2.24, 2.45) is 5.73 Å². The number of hydrogen-bond acceptors (Lipinski definition) is 8. The number of halogens is 1. The number of unbranched alkanes of at least 4 members (excludes halogenated alkanes) is 9. The fourth-order valence-corrected chi connectivity index (χ4v) is 10.1. The number of rotatable bonds is 26. The van der Waals surface area contributed by atoms with Crippen LogP contribution in [-0.2, 0) is 29.5 Å². The Hall–Kier alpha value is -2.16. The van der Waals surface area contributed by atoms with Crippen molar-refractivity contribution in [3.8, 4) is 0 Å². The lowest BCUT2D eigenvalue weighted by atomic mass is 10.1. The second kappa shape index (κ2) is 25.7. The Labute approximate surface area is 307 Å². The molecule has 0 saturated carbocycles. The Balaban J connectivity index is 0.0000120. The minimum Gasteiger partial charge on any atom is -0.398 e. The molecule has 0 aliphatic carbocycles. The first-order valence-electron chi connectivity index (χ1n) is 17.1. The van der Waals surface area contributed by atoms with Crippen LogP contribution < -0.4 is 20.7 Å². The van der Waals surface area contributed by atoms with Gasteiger partial charge in [0.2, 0.25) is 16.4 Å². The van der Waals surface area contributed by atoms with E-state index >= 15 is 0 Å². The molecule has 0 saturated heterocycles. The van der Waals surface area contributed by atoms with E-state index in [4.69, 9.17) is 10.5 Å². The van der Waals surface area contributed by atoms with Crippen LogP contribution in [0, 0.1) is 0 Å². The zero-order chi connectivity index (χ0) is 35.2. The van der Waals surface area contributed by atoms with Gasteiger partial charge in [0.15, 0.2) is 0 Å². The summed E-state index contributed by atoms with van der Waals surface area (Å²) < 4.78 is 35.0. The van der Waals surface area contributed by atoms with Gasteiger partial charge in [-0.15, -0.1) is 12.4 Å². The Bertz CT molecular complexity index is 1370. The van der Waals surface area contributed by atoms with Gasteiger partial charge in [0.25, 0.3) is 5.44 Å². The highest BCUT2D eigenvalue weighted by atomic mass is 35.5. The summed E-state index contributed by atoms with van der Waals surface area (Å²) in [5.41, 5.74) is 6.13. The van der Waals surface area contributed by atoms with Crippen LogP contribution in [0.3, 0.4) is 0 Å². The molecule has 2 rings (SSSR count). The third-order valence-electron chi connectivity index (χ3n) is 7.91. The Morgan fingerprint density at radius 3 is 2.22 bits per heavy atom. The second-order valence-corrected chi connectivity index (χ2v) is 17.9. The van der Waals surface area contributed by atoms with Gasteiger partial charge >= 0.3 is 6.09 Å². The largest absolute Gasteiger partial charge is 0.411 e. The molecule has 2 unspecified atom stereocenters. The third-order valence-corrected chi connectivity index (χ3v) is 13.9. The van der Waals surface area contributed by atoms with Crippen LogP contribution in [0.1, 0.15) is 77.6 Å². The average molecular weight is 762 g/mol. The highest BCUT2D eigenvalue weighted by Crippen LogP contribution is 2.30.